The lowest BCUT2D eigenvalue weighted by atomic mass is 10.1. The highest BCUT2D eigenvalue weighted by molar-refractivity contribution is 7.14. The van der Waals surface area contributed by atoms with Crippen LogP contribution in [0.2, 0.25) is 0 Å². The van der Waals surface area contributed by atoms with Crippen molar-refractivity contribution in [2.24, 2.45) is 5.73 Å². The second-order valence-electron chi connectivity index (χ2n) is 6.28. The first kappa shape index (κ1) is 19.4. The van der Waals surface area contributed by atoms with Crippen LogP contribution < -0.4 is 16.2 Å². The van der Waals surface area contributed by atoms with Crippen molar-refractivity contribution in [3.8, 4) is 17.1 Å². The number of Topliss-reactive ketones (excluding diaryl/α,β-unsaturated/α-hetero) is 1. The number of aromatic nitrogens is 2. The van der Waals surface area contributed by atoms with Crippen LogP contribution in [0.4, 0.5) is 5.13 Å². The maximum absolute atomic E-state index is 12.4. The summed E-state index contributed by atoms with van der Waals surface area (Å²) in [5, 5.41) is 4.31. The Balaban J connectivity index is 1.60. The normalized spacial score (nSPS) is 12.3. The summed E-state index contributed by atoms with van der Waals surface area (Å²) in [5.74, 6) is 0.209. The number of hydrogen-bond acceptors (Lipinski definition) is 9. The first-order valence-corrected chi connectivity index (χ1v) is 9.99. The Hall–Kier alpha value is -2.33. The lowest BCUT2D eigenvalue weighted by Gasteiger charge is -2.12. The van der Waals surface area contributed by atoms with E-state index in [1.807, 2.05) is 48.0 Å². The van der Waals surface area contributed by atoms with Crippen molar-refractivity contribution >= 4 is 33.6 Å². The highest BCUT2D eigenvalue weighted by Crippen LogP contribution is 2.30. The minimum absolute atomic E-state index is 0.129. The second-order valence-corrected chi connectivity index (χ2v) is 8.11. The summed E-state index contributed by atoms with van der Waals surface area (Å²) in [7, 11) is 3.97. The van der Waals surface area contributed by atoms with Crippen LogP contribution in [-0.4, -0.2) is 41.4 Å². The third kappa shape index (κ3) is 5.10. The van der Waals surface area contributed by atoms with E-state index in [-0.39, 0.29) is 12.4 Å². The summed E-state index contributed by atoms with van der Waals surface area (Å²) in [5.41, 5.74) is 14.5. The number of thiazole rings is 1. The minimum atomic E-state index is -0.746. The molecule has 4 N–H and O–H groups in total. The summed E-state index contributed by atoms with van der Waals surface area (Å²) in [4.78, 5) is 23.6. The van der Waals surface area contributed by atoms with Crippen molar-refractivity contribution in [2.45, 2.75) is 12.6 Å². The van der Waals surface area contributed by atoms with Gasteiger partial charge in [-0.3, -0.25) is 4.79 Å². The predicted octanol–water partition coefficient (Wildman–Crippen LogP) is 2.56. The van der Waals surface area contributed by atoms with Gasteiger partial charge >= 0.3 is 0 Å². The molecule has 0 saturated carbocycles. The molecule has 3 aromatic heterocycles. The minimum Gasteiger partial charge on any atom is -0.470 e. The van der Waals surface area contributed by atoms with Gasteiger partial charge in [-0.25, -0.2) is 9.97 Å². The molecule has 0 amide bonds. The molecule has 1 atom stereocenters. The van der Waals surface area contributed by atoms with Gasteiger partial charge in [-0.15, -0.1) is 22.7 Å². The van der Waals surface area contributed by atoms with Gasteiger partial charge in [0.2, 0.25) is 5.88 Å². The molecule has 7 nitrogen and oxygen atoms in total. The lowest BCUT2D eigenvalue weighted by Crippen LogP contribution is -2.26. The molecule has 27 heavy (non-hydrogen) atoms. The van der Waals surface area contributed by atoms with Gasteiger partial charge in [0.1, 0.15) is 6.04 Å². The average molecular weight is 404 g/mol. The highest BCUT2D eigenvalue weighted by Gasteiger charge is 2.19. The van der Waals surface area contributed by atoms with Crippen LogP contribution in [0.3, 0.4) is 0 Å². The Morgan fingerprint density at radius 3 is 2.81 bits per heavy atom. The molecule has 9 heteroatoms. The molecule has 0 fully saturated rings. The van der Waals surface area contributed by atoms with Crippen molar-refractivity contribution in [1.29, 1.82) is 0 Å². The molecule has 0 spiro atoms. The molecule has 0 aliphatic rings. The highest BCUT2D eigenvalue weighted by atomic mass is 32.1. The zero-order valence-corrected chi connectivity index (χ0v) is 16.7. The van der Waals surface area contributed by atoms with E-state index in [2.05, 4.69) is 9.97 Å². The quantitative estimate of drug-likeness (QED) is 0.595. The Kier molecular flexibility index (Phi) is 6.17. The van der Waals surface area contributed by atoms with E-state index in [1.54, 1.807) is 6.20 Å². The van der Waals surface area contributed by atoms with Gasteiger partial charge in [0.05, 0.1) is 5.69 Å². The zero-order chi connectivity index (χ0) is 19.4. The van der Waals surface area contributed by atoms with Gasteiger partial charge in [-0.05, 0) is 31.8 Å². The Bertz CT molecular complexity index is 922. The van der Waals surface area contributed by atoms with Crippen molar-refractivity contribution in [1.82, 2.24) is 14.9 Å². The molecule has 0 aliphatic carbocycles. The van der Waals surface area contributed by atoms with E-state index in [9.17, 15) is 4.79 Å². The van der Waals surface area contributed by atoms with E-state index in [1.165, 1.54) is 22.7 Å². The number of nitrogen functional groups attached to an aromatic ring is 1. The van der Waals surface area contributed by atoms with Crippen molar-refractivity contribution < 1.29 is 9.53 Å². The third-order valence-electron chi connectivity index (χ3n) is 3.75. The van der Waals surface area contributed by atoms with Crippen LogP contribution in [0, 0.1) is 0 Å². The fourth-order valence-corrected chi connectivity index (χ4v) is 3.95. The predicted molar refractivity (Wildman–Crippen MR) is 109 cm³/mol. The summed E-state index contributed by atoms with van der Waals surface area (Å²) in [6.07, 6.45) is 1.67. The molecule has 3 aromatic rings. The number of pyridine rings is 1. The lowest BCUT2D eigenvalue weighted by molar-refractivity contribution is -0.122. The van der Waals surface area contributed by atoms with E-state index in [4.69, 9.17) is 16.2 Å². The van der Waals surface area contributed by atoms with E-state index < -0.39 is 6.04 Å². The fourth-order valence-electron chi connectivity index (χ4n) is 2.46. The van der Waals surface area contributed by atoms with Gasteiger partial charge < -0.3 is 21.1 Å². The summed E-state index contributed by atoms with van der Waals surface area (Å²) in [6, 6.07) is 4.87. The number of ether oxygens (including phenoxy) is 1. The summed E-state index contributed by atoms with van der Waals surface area (Å²) < 4.78 is 5.55. The molecular formula is C18H21N5O2S2. The number of carbonyl (C=O) groups excluding carboxylic acids is 1. The first-order valence-electron chi connectivity index (χ1n) is 8.23. The molecule has 1 unspecified atom stereocenters. The van der Waals surface area contributed by atoms with Gasteiger partial charge in [-0.1, -0.05) is 0 Å². The number of carbonyl (C=O) groups is 1. The van der Waals surface area contributed by atoms with Gasteiger partial charge in [0.15, 0.2) is 17.5 Å². The van der Waals surface area contributed by atoms with E-state index >= 15 is 0 Å². The molecule has 0 radical (unpaired) electrons. The number of nitrogens with two attached hydrogens (primary N) is 2. The van der Waals surface area contributed by atoms with Crippen LogP contribution in [0.1, 0.15) is 16.5 Å². The number of rotatable bonds is 8. The zero-order valence-electron chi connectivity index (χ0n) is 15.1. The van der Waals surface area contributed by atoms with Gasteiger partial charge in [-0.2, -0.15) is 0 Å². The van der Waals surface area contributed by atoms with Gasteiger partial charge in [0, 0.05) is 40.0 Å². The number of ketones is 1. The van der Waals surface area contributed by atoms with Gasteiger partial charge in [0.25, 0.3) is 0 Å². The van der Waals surface area contributed by atoms with E-state index in [0.717, 1.165) is 28.2 Å². The van der Waals surface area contributed by atoms with Crippen molar-refractivity contribution in [3.05, 3.63) is 45.6 Å². The van der Waals surface area contributed by atoms with Crippen molar-refractivity contribution in [3.63, 3.8) is 0 Å². The fraction of sp³-hybridized carbons (Fsp3) is 0.278. The number of nitrogens with zero attached hydrogens (tertiary/aromatic N) is 3. The van der Waals surface area contributed by atoms with Crippen LogP contribution in [0.25, 0.3) is 11.3 Å². The van der Waals surface area contributed by atoms with Crippen LogP contribution in [-0.2, 0) is 11.3 Å². The molecule has 0 aliphatic heterocycles. The molecule has 0 aromatic carbocycles. The number of anilines is 1. The topological polar surface area (TPSA) is 107 Å². The molecule has 0 saturated heterocycles. The third-order valence-corrected chi connectivity index (χ3v) is 5.44. The monoisotopic (exact) mass is 403 g/mol. The van der Waals surface area contributed by atoms with Crippen LogP contribution in [0.5, 0.6) is 5.88 Å². The van der Waals surface area contributed by atoms with Crippen molar-refractivity contribution in [2.75, 3.05) is 26.4 Å². The summed E-state index contributed by atoms with van der Waals surface area (Å²) in [6.45, 7) is 0.641. The van der Waals surface area contributed by atoms with Crippen LogP contribution >= 0.6 is 22.7 Å². The molecule has 0 bridgehead atoms. The average Bonchev–Trinajstić information content (AvgIpc) is 3.27. The van der Waals surface area contributed by atoms with E-state index in [0.29, 0.717) is 11.0 Å². The standard InChI is InChI=1S/C18H21N5O2S2/c1-23(2)7-11-3-4-21-16(5-11)25-8-14(24)17(19)15-6-12(9-26-15)13-10-27-18(20)22-13/h3-6,9-10,17H,7-8,19H2,1-2H3,(H2,20,22). The largest absolute Gasteiger partial charge is 0.470 e. The number of hydrogen-bond donors (Lipinski definition) is 2. The first-order chi connectivity index (χ1) is 12.9. The molecule has 3 heterocycles. The SMILES string of the molecule is CN(C)Cc1ccnc(OCC(=O)C(N)c2cc(-c3csc(N)n3)cs2)c1. The van der Waals surface area contributed by atoms with Crippen LogP contribution in [0.15, 0.2) is 35.2 Å². The molecule has 3 rings (SSSR count). The molecular weight excluding hydrogens is 382 g/mol. The smallest absolute Gasteiger partial charge is 0.213 e. The second kappa shape index (κ2) is 8.57. The summed E-state index contributed by atoms with van der Waals surface area (Å²) >= 11 is 2.80. The Labute approximate surface area is 165 Å². The molecule has 142 valence electrons. The Morgan fingerprint density at radius 1 is 1.30 bits per heavy atom. The number of thiophene rings is 1. The maximum Gasteiger partial charge on any atom is 0.213 e. The Morgan fingerprint density at radius 2 is 2.11 bits per heavy atom. The maximum atomic E-state index is 12.4.